The number of hydrogen-bond donors (Lipinski definition) is 1. The maximum absolute atomic E-state index is 4.71. The molecule has 0 amide bonds. The molecule has 0 aliphatic carbocycles. The van der Waals surface area contributed by atoms with Gasteiger partial charge in [-0.1, -0.05) is 26.0 Å². The molecule has 0 spiro atoms. The molecule has 0 bridgehead atoms. The third kappa shape index (κ3) is 3.49. The SMILES string of the molecule is CC(C)c1nccc(N2CCN(Cc3nc4ccccc4[nH]3)CC2)n1. The molecule has 1 aliphatic heterocycles. The number of anilines is 1. The van der Waals surface area contributed by atoms with Gasteiger partial charge in [-0.2, -0.15) is 0 Å². The summed E-state index contributed by atoms with van der Waals surface area (Å²) in [6.45, 7) is 9.11. The summed E-state index contributed by atoms with van der Waals surface area (Å²) in [7, 11) is 0. The second-order valence-electron chi connectivity index (χ2n) is 6.89. The molecule has 6 heteroatoms. The zero-order chi connectivity index (χ0) is 17.2. The lowest BCUT2D eigenvalue weighted by molar-refractivity contribution is 0.244. The molecule has 1 fully saturated rings. The molecule has 1 N–H and O–H groups in total. The summed E-state index contributed by atoms with van der Waals surface area (Å²) in [6.07, 6.45) is 1.87. The summed E-state index contributed by atoms with van der Waals surface area (Å²) in [5, 5.41) is 0. The fraction of sp³-hybridized carbons (Fsp3) is 0.421. The van der Waals surface area contributed by atoms with Crippen LogP contribution < -0.4 is 4.90 Å². The zero-order valence-electron chi connectivity index (χ0n) is 14.8. The summed E-state index contributed by atoms with van der Waals surface area (Å²) < 4.78 is 0. The minimum atomic E-state index is 0.356. The smallest absolute Gasteiger partial charge is 0.133 e. The number of benzene rings is 1. The van der Waals surface area contributed by atoms with Crippen molar-refractivity contribution < 1.29 is 0 Å². The topological polar surface area (TPSA) is 60.9 Å². The Labute approximate surface area is 147 Å². The highest BCUT2D eigenvalue weighted by Gasteiger charge is 2.19. The Morgan fingerprint density at radius 1 is 1.04 bits per heavy atom. The monoisotopic (exact) mass is 336 g/mol. The van der Waals surface area contributed by atoms with E-state index in [1.54, 1.807) is 0 Å². The van der Waals surface area contributed by atoms with E-state index in [9.17, 15) is 0 Å². The Morgan fingerprint density at radius 3 is 2.60 bits per heavy atom. The Morgan fingerprint density at radius 2 is 1.84 bits per heavy atom. The van der Waals surface area contributed by atoms with Gasteiger partial charge in [0.2, 0.25) is 0 Å². The van der Waals surface area contributed by atoms with Crippen molar-refractivity contribution in [2.45, 2.75) is 26.3 Å². The number of fused-ring (bicyclic) bond motifs is 1. The minimum Gasteiger partial charge on any atom is -0.354 e. The number of hydrogen-bond acceptors (Lipinski definition) is 5. The molecular weight excluding hydrogens is 312 g/mol. The molecule has 25 heavy (non-hydrogen) atoms. The largest absolute Gasteiger partial charge is 0.354 e. The van der Waals surface area contributed by atoms with Crippen LogP contribution in [0.1, 0.15) is 31.4 Å². The Balaban J connectivity index is 1.39. The first kappa shape index (κ1) is 16.0. The van der Waals surface area contributed by atoms with Gasteiger partial charge in [0.05, 0.1) is 17.6 Å². The van der Waals surface area contributed by atoms with Gasteiger partial charge < -0.3 is 9.88 Å². The van der Waals surface area contributed by atoms with E-state index in [0.29, 0.717) is 5.92 Å². The average molecular weight is 336 g/mol. The van der Waals surface area contributed by atoms with E-state index in [1.165, 1.54) is 0 Å². The van der Waals surface area contributed by atoms with Crippen molar-refractivity contribution in [1.82, 2.24) is 24.8 Å². The molecule has 3 aromatic rings. The van der Waals surface area contributed by atoms with Crippen molar-refractivity contribution in [3.63, 3.8) is 0 Å². The first-order valence-corrected chi connectivity index (χ1v) is 8.93. The molecule has 1 aliphatic rings. The molecule has 0 radical (unpaired) electrons. The molecule has 4 rings (SSSR count). The third-order valence-corrected chi connectivity index (χ3v) is 4.68. The summed E-state index contributed by atoms with van der Waals surface area (Å²) in [5.74, 6) is 3.36. The van der Waals surface area contributed by atoms with Gasteiger partial charge in [-0.15, -0.1) is 0 Å². The van der Waals surface area contributed by atoms with Crippen molar-refractivity contribution in [2.75, 3.05) is 31.1 Å². The van der Waals surface area contributed by atoms with E-state index >= 15 is 0 Å². The zero-order valence-corrected chi connectivity index (χ0v) is 14.8. The fourth-order valence-corrected chi connectivity index (χ4v) is 3.25. The molecule has 0 saturated carbocycles. The summed E-state index contributed by atoms with van der Waals surface area (Å²) in [6, 6.07) is 10.2. The normalized spacial score (nSPS) is 16.0. The average Bonchev–Trinajstić information content (AvgIpc) is 3.04. The molecule has 1 saturated heterocycles. The van der Waals surface area contributed by atoms with Gasteiger partial charge in [-0.25, -0.2) is 15.0 Å². The quantitative estimate of drug-likeness (QED) is 0.794. The number of piperazine rings is 1. The lowest BCUT2D eigenvalue weighted by Gasteiger charge is -2.35. The standard InChI is InChI=1S/C19H24N6/c1-14(2)19-20-8-7-18(23-19)25-11-9-24(10-12-25)13-17-21-15-5-3-4-6-16(15)22-17/h3-8,14H,9-13H2,1-2H3,(H,21,22). The number of aromatic amines is 1. The Hall–Kier alpha value is -2.47. The van der Waals surface area contributed by atoms with Crippen LogP contribution in [0.3, 0.4) is 0 Å². The fourth-order valence-electron chi connectivity index (χ4n) is 3.25. The molecule has 6 nitrogen and oxygen atoms in total. The maximum atomic E-state index is 4.71. The molecule has 1 aromatic carbocycles. The highest BCUT2D eigenvalue weighted by molar-refractivity contribution is 5.74. The van der Waals surface area contributed by atoms with E-state index in [4.69, 9.17) is 4.98 Å². The van der Waals surface area contributed by atoms with Crippen molar-refractivity contribution in [3.05, 3.63) is 48.2 Å². The van der Waals surface area contributed by atoms with E-state index in [1.807, 2.05) is 24.4 Å². The third-order valence-electron chi connectivity index (χ3n) is 4.68. The van der Waals surface area contributed by atoms with Crippen molar-refractivity contribution in [1.29, 1.82) is 0 Å². The highest BCUT2D eigenvalue weighted by atomic mass is 15.3. The number of aromatic nitrogens is 4. The molecule has 130 valence electrons. The van der Waals surface area contributed by atoms with Crippen molar-refractivity contribution >= 4 is 16.9 Å². The predicted molar refractivity (Wildman–Crippen MR) is 99.7 cm³/mol. The second kappa shape index (κ2) is 6.80. The van der Waals surface area contributed by atoms with E-state index in [0.717, 1.165) is 61.2 Å². The van der Waals surface area contributed by atoms with Gasteiger partial charge in [0.25, 0.3) is 0 Å². The maximum Gasteiger partial charge on any atom is 0.133 e. The summed E-state index contributed by atoms with van der Waals surface area (Å²) in [4.78, 5) is 22.0. The highest BCUT2D eigenvalue weighted by Crippen LogP contribution is 2.18. The number of para-hydroxylation sites is 2. The van der Waals surface area contributed by atoms with Gasteiger partial charge in [0.1, 0.15) is 17.5 Å². The first-order valence-electron chi connectivity index (χ1n) is 8.93. The summed E-state index contributed by atoms with van der Waals surface area (Å²) >= 11 is 0. The number of H-pyrrole nitrogens is 1. The molecule has 0 atom stereocenters. The minimum absolute atomic E-state index is 0.356. The van der Waals surface area contributed by atoms with Crippen LogP contribution >= 0.6 is 0 Å². The van der Waals surface area contributed by atoms with Crippen molar-refractivity contribution in [2.24, 2.45) is 0 Å². The van der Waals surface area contributed by atoms with Crippen LogP contribution in [0.15, 0.2) is 36.5 Å². The van der Waals surface area contributed by atoms with Gasteiger partial charge in [0, 0.05) is 38.3 Å². The second-order valence-corrected chi connectivity index (χ2v) is 6.89. The van der Waals surface area contributed by atoms with Gasteiger partial charge in [0.15, 0.2) is 0 Å². The predicted octanol–water partition coefficient (Wildman–Crippen LogP) is 2.80. The lowest BCUT2D eigenvalue weighted by Crippen LogP contribution is -2.46. The van der Waals surface area contributed by atoms with Crippen LogP contribution in [-0.2, 0) is 6.54 Å². The number of nitrogens with one attached hydrogen (secondary N) is 1. The lowest BCUT2D eigenvalue weighted by atomic mass is 10.2. The number of imidazole rings is 1. The van der Waals surface area contributed by atoms with E-state index in [-0.39, 0.29) is 0 Å². The first-order chi connectivity index (χ1) is 12.2. The van der Waals surface area contributed by atoms with Crippen LogP contribution in [0.5, 0.6) is 0 Å². The molecule has 2 aromatic heterocycles. The van der Waals surface area contributed by atoms with Crippen LogP contribution in [-0.4, -0.2) is 51.0 Å². The molecule has 0 unspecified atom stereocenters. The summed E-state index contributed by atoms with van der Waals surface area (Å²) in [5.41, 5.74) is 2.15. The van der Waals surface area contributed by atoms with E-state index in [2.05, 4.69) is 50.7 Å². The van der Waals surface area contributed by atoms with Gasteiger partial charge in [-0.05, 0) is 18.2 Å². The van der Waals surface area contributed by atoms with Crippen LogP contribution in [0.4, 0.5) is 5.82 Å². The van der Waals surface area contributed by atoms with Crippen LogP contribution in [0, 0.1) is 0 Å². The van der Waals surface area contributed by atoms with E-state index < -0.39 is 0 Å². The van der Waals surface area contributed by atoms with Gasteiger partial charge in [-0.3, -0.25) is 4.90 Å². The molecule has 3 heterocycles. The van der Waals surface area contributed by atoms with Gasteiger partial charge >= 0.3 is 0 Å². The van der Waals surface area contributed by atoms with Crippen molar-refractivity contribution in [3.8, 4) is 0 Å². The number of nitrogens with zero attached hydrogens (tertiary/aromatic N) is 5. The molecular formula is C19H24N6. The van der Waals surface area contributed by atoms with Crippen LogP contribution in [0.2, 0.25) is 0 Å². The Kier molecular flexibility index (Phi) is 4.36. The number of rotatable bonds is 4. The Bertz CT molecular complexity index is 815. The van der Waals surface area contributed by atoms with Crippen LogP contribution in [0.25, 0.3) is 11.0 Å².